The second-order valence-corrected chi connectivity index (χ2v) is 6.25. The van der Waals surface area contributed by atoms with Crippen LogP contribution < -0.4 is 5.32 Å². The topological polar surface area (TPSA) is 71.3 Å². The second kappa shape index (κ2) is 6.88. The number of carbonyl (C=O) groups is 2. The molecule has 1 amide bonds. The molecule has 1 heterocycles. The zero-order chi connectivity index (χ0) is 17.1. The van der Waals surface area contributed by atoms with E-state index in [1.165, 1.54) is 12.1 Å². The number of carboxylic acids is 1. The van der Waals surface area contributed by atoms with Gasteiger partial charge in [0.15, 0.2) is 0 Å². The summed E-state index contributed by atoms with van der Waals surface area (Å²) in [6.07, 6.45) is 1.89. The van der Waals surface area contributed by atoms with Crippen molar-refractivity contribution in [1.82, 2.24) is 9.88 Å². The van der Waals surface area contributed by atoms with Gasteiger partial charge in [-0.2, -0.15) is 0 Å². The van der Waals surface area contributed by atoms with Gasteiger partial charge in [-0.25, -0.2) is 4.79 Å². The molecule has 5 nitrogen and oxygen atoms in total. The summed E-state index contributed by atoms with van der Waals surface area (Å²) in [4.78, 5) is 23.0. The van der Waals surface area contributed by atoms with Crippen LogP contribution in [0, 0.1) is 0 Å². The normalized spacial score (nSPS) is 10.7. The van der Waals surface area contributed by atoms with Crippen molar-refractivity contribution in [1.29, 1.82) is 0 Å². The number of rotatable bonds is 5. The predicted molar refractivity (Wildman–Crippen MR) is 94.9 cm³/mol. The van der Waals surface area contributed by atoms with Crippen LogP contribution in [0.15, 0.2) is 59.2 Å². The van der Waals surface area contributed by atoms with Crippen LogP contribution in [-0.2, 0) is 17.9 Å². The first kappa shape index (κ1) is 16.3. The molecule has 6 heteroatoms. The summed E-state index contributed by atoms with van der Waals surface area (Å²) >= 11 is 3.50. The molecule has 24 heavy (non-hydrogen) atoms. The number of halogens is 1. The number of nitrogens with zero attached hydrogens (tertiary/aromatic N) is 1. The Morgan fingerprint density at radius 3 is 2.54 bits per heavy atom. The fraction of sp³-hybridized carbons (Fsp3) is 0.111. The molecule has 2 N–H and O–H groups in total. The smallest absolute Gasteiger partial charge is 0.335 e. The van der Waals surface area contributed by atoms with Crippen LogP contribution in [0.2, 0.25) is 0 Å². The van der Waals surface area contributed by atoms with Crippen molar-refractivity contribution in [2.75, 3.05) is 0 Å². The van der Waals surface area contributed by atoms with Crippen molar-refractivity contribution in [3.05, 3.63) is 70.3 Å². The number of carboxylic acid groups (broad SMARTS) is 1. The third-order valence-corrected chi connectivity index (χ3v) is 4.46. The van der Waals surface area contributed by atoms with Gasteiger partial charge in [0.25, 0.3) is 0 Å². The van der Waals surface area contributed by atoms with Gasteiger partial charge in [0.05, 0.1) is 5.56 Å². The SMILES string of the molecule is O=C(Cn1ccc2c(Br)cccc21)NCc1ccc(C(=O)O)cc1. The van der Waals surface area contributed by atoms with Crippen molar-refractivity contribution >= 4 is 38.7 Å². The highest BCUT2D eigenvalue weighted by atomic mass is 79.9. The summed E-state index contributed by atoms with van der Waals surface area (Å²) < 4.78 is 2.89. The maximum Gasteiger partial charge on any atom is 0.335 e. The van der Waals surface area contributed by atoms with E-state index < -0.39 is 5.97 Å². The number of fused-ring (bicyclic) bond motifs is 1. The van der Waals surface area contributed by atoms with Crippen LogP contribution in [0.3, 0.4) is 0 Å². The van der Waals surface area contributed by atoms with Gasteiger partial charge in [-0.3, -0.25) is 4.79 Å². The van der Waals surface area contributed by atoms with Gasteiger partial charge < -0.3 is 15.0 Å². The Labute approximate surface area is 147 Å². The average molecular weight is 387 g/mol. The maximum atomic E-state index is 12.1. The Bertz CT molecular complexity index is 900. The van der Waals surface area contributed by atoms with Gasteiger partial charge in [-0.05, 0) is 35.9 Å². The van der Waals surface area contributed by atoms with Gasteiger partial charge in [0, 0.05) is 28.1 Å². The van der Waals surface area contributed by atoms with E-state index in [0.717, 1.165) is 20.9 Å². The van der Waals surface area contributed by atoms with Crippen LogP contribution in [-0.4, -0.2) is 21.6 Å². The molecule has 3 rings (SSSR count). The summed E-state index contributed by atoms with van der Waals surface area (Å²) in [7, 11) is 0. The van der Waals surface area contributed by atoms with Gasteiger partial charge in [0.2, 0.25) is 5.91 Å². The van der Waals surface area contributed by atoms with Crippen LogP contribution in [0.25, 0.3) is 10.9 Å². The van der Waals surface area contributed by atoms with Crippen LogP contribution in [0.1, 0.15) is 15.9 Å². The monoisotopic (exact) mass is 386 g/mol. The molecule has 0 unspecified atom stereocenters. The van der Waals surface area contributed by atoms with Crippen molar-refractivity contribution in [2.24, 2.45) is 0 Å². The van der Waals surface area contributed by atoms with Gasteiger partial charge in [0.1, 0.15) is 6.54 Å². The van der Waals surface area contributed by atoms with Crippen LogP contribution in [0.4, 0.5) is 0 Å². The summed E-state index contributed by atoms with van der Waals surface area (Å²) in [6.45, 7) is 0.592. The van der Waals surface area contributed by atoms with Crippen LogP contribution in [0.5, 0.6) is 0 Å². The lowest BCUT2D eigenvalue weighted by molar-refractivity contribution is -0.121. The molecule has 0 fully saturated rings. The minimum absolute atomic E-state index is 0.102. The average Bonchev–Trinajstić information content (AvgIpc) is 2.98. The first-order chi connectivity index (χ1) is 11.5. The summed E-state index contributed by atoms with van der Waals surface area (Å²) in [5, 5.41) is 12.8. The number of hydrogen-bond donors (Lipinski definition) is 2. The highest BCUT2D eigenvalue weighted by Gasteiger charge is 2.08. The fourth-order valence-electron chi connectivity index (χ4n) is 2.50. The Morgan fingerprint density at radius 1 is 1.08 bits per heavy atom. The number of benzene rings is 2. The van der Waals surface area contributed by atoms with Crippen molar-refractivity contribution in [2.45, 2.75) is 13.1 Å². The molecule has 2 aromatic carbocycles. The Hall–Kier alpha value is -2.60. The molecule has 0 aliphatic carbocycles. The third-order valence-electron chi connectivity index (χ3n) is 3.76. The van der Waals surface area contributed by atoms with E-state index in [0.29, 0.717) is 6.54 Å². The second-order valence-electron chi connectivity index (χ2n) is 5.40. The molecule has 0 atom stereocenters. The van der Waals surface area contributed by atoms with Crippen molar-refractivity contribution in [3.8, 4) is 0 Å². The molecule has 3 aromatic rings. The van der Waals surface area contributed by atoms with Gasteiger partial charge in [-0.15, -0.1) is 0 Å². The summed E-state index contributed by atoms with van der Waals surface area (Å²) in [5.41, 5.74) is 2.08. The minimum Gasteiger partial charge on any atom is -0.478 e. The van der Waals surface area contributed by atoms with E-state index in [2.05, 4.69) is 21.2 Å². The number of hydrogen-bond acceptors (Lipinski definition) is 2. The molecule has 0 saturated heterocycles. The third kappa shape index (κ3) is 3.49. The van der Waals surface area contributed by atoms with E-state index >= 15 is 0 Å². The fourth-order valence-corrected chi connectivity index (χ4v) is 2.99. The first-order valence-electron chi connectivity index (χ1n) is 7.37. The van der Waals surface area contributed by atoms with Gasteiger partial charge >= 0.3 is 5.97 Å². The molecule has 122 valence electrons. The molecule has 0 bridgehead atoms. The molecule has 0 aliphatic rings. The van der Waals surface area contributed by atoms with Gasteiger partial charge in [-0.1, -0.05) is 34.1 Å². The number of aromatic nitrogens is 1. The number of carbonyl (C=O) groups excluding carboxylic acids is 1. The van der Waals surface area contributed by atoms with E-state index in [4.69, 9.17) is 5.11 Å². The lowest BCUT2D eigenvalue weighted by Crippen LogP contribution is -2.26. The Balaban J connectivity index is 1.63. The zero-order valence-corrected chi connectivity index (χ0v) is 14.3. The highest BCUT2D eigenvalue weighted by molar-refractivity contribution is 9.10. The number of nitrogens with one attached hydrogen (secondary N) is 1. The van der Waals surface area contributed by atoms with E-state index in [1.807, 2.05) is 35.0 Å². The zero-order valence-electron chi connectivity index (χ0n) is 12.7. The molecule has 0 aliphatic heterocycles. The van der Waals surface area contributed by atoms with E-state index in [1.54, 1.807) is 12.1 Å². The molecule has 0 radical (unpaired) electrons. The summed E-state index contributed by atoms with van der Waals surface area (Å²) in [6, 6.07) is 14.3. The lowest BCUT2D eigenvalue weighted by Gasteiger charge is -2.08. The highest BCUT2D eigenvalue weighted by Crippen LogP contribution is 2.24. The van der Waals surface area contributed by atoms with Crippen LogP contribution >= 0.6 is 15.9 Å². The number of aromatic carboxylic acids is 1. The standard InChI is InChI=1S/C18H15BrN2O3/c19-15-2-1-3-16-14(15)8-9-21(16)11-17(22)20-10-12-4-6-13(7-5-12)18(23)24/h1-9H,10-11H2,(H,20,22)(H,23,24). The van der Waals surface area contributed by atoms with Crippen molar-refractivity contribution < 1.29 is 14.7 Å². The number of amides is 1. The van der Waals surface area contributed by atoms with E-state index in [9.17, 15) is 9.59 Å². The maximum absolute atomic E-state index is 12.1. The Kier molecular flexibility index (Phi) is 4.66. The molecule has 0 saturated carbocycles. The molecule has 0 spiro atoms. The quantitative estimate of drug-likeness (QED) is 0.705. The molecular formula is C18H15BrN2O3. The predicted octanol–water partition coefficient (Wildman–Crippen LogP) is 3.42. The minimum atomic E-state index is -0.962. The first-order valence-corrected chi connectivity index (χ1v) is 8.16. The molecular weight excluding hydrogens is 372 g/mol. The lowest BCUT2D eigenvalue weighted by atomic mass is 10.1. The summed E-state index contributed by atoms with van der Waals surface area (Å²) in [5.74, 6) is -1.06. The van der Waals surface area contributed by atoms with Crippen molar-refractivity contribution in [3.63, 3.8) is 0 Å². The Morgan fingerprint density at radius 2 is 1.83 bits per heavy atom. The molecule has 1 aromatic heterocycles. The largest absolute Gasteiger partial charge is 0.478 e. The van der Waals surface area contributed by atoms with E-state index in [-0.39, 0.29) is 18.0 Å².